The summed E-state index contributed by atoms with van der Waals surface area (Å²) in [4.78, 5) is 0. The maximum atomic E-state index is 3.69. The number of hydrogen-bond donors (Lipinski definition) is 0. The lowest BCUT2D eigenvalue weighted by molar-refractivity contribution is 1.25. The van der Waals surface area contributed by atoms with E-state index in [1.54, 1.807) is 11.8 Å². The number of thioether (sulfide) groups is 1. The molecule has 0 aliphatic heterocycles. The summed E-state index contributed by atoms with van der Waals surface area (Å²) < 4.78 is 0. The molecule has 1 unspecified atom stereocenters. The van der Waals surface area contributed by atoms with E-state index in [9.17, 15) is 0 Å². The highest BCUT2D eigenvalue weighted by Gasteiger charge is 1.89. The van der Waals surface area contributed by atoms with Crippen LogP contribution in [0.15, 0.2) is 12.7 Å². The predicted octanol–water partition coefficient (Wildman–Crippen LogP) is 2.13. The Kier molecular flexibility index (Phi) is 4.31. The van der Waals surface area contributed by atoms with E-state index in [0.717, 1.165) is 5.75 Å². The fourth-order valence-electron chi connectivity index (χ4n) is 0.254. The molecule has 0 heterocycles. The molecule has 0 saturated carbocycles. The highest BCUT2D eigenvalue weighted by Crippen LogP contribution is 2.08. The molecule has 1 heteroatoms. The van der Waals surface area contributed by atoms with Crippen molar-refractivity contribution in [2.75, 3.05) is 5.75 Å². The largest absolute Gasteiger partial charge is 0.155 e. The Bertz CT molecular complexity index is 50.1. The van der Waals surface area contributed by atoms with Gasteiger partial charge in [-0.3, -0.25) is 0 Å². The third-order valence-corrected chi connectivity index (χ3v) is 1.67. The van der Waals surface area contributed by atoms with Gasteiger partial charge in [0, 0.05) is 5.25 Å². The van der Waals surface area contributed by atoms with Crippen LogP contribution in [0.25, 0.3) is 0 Å². The predicted molar refractivity (Wildman–Crippen MR) is 37.5 cm³/mol. The summed E-state index contributed by atoms with van der Waals surface area (Å²) in [6, 6.07) is 0. The minimum Gasteiger partial charge on any atom is -0.155 e. The fraction of sp³-hybridized carbons (Fsp3) is 0.500. The van der Waals surface area contributed by atoms with Gasteiger partial charge in [-0.15, -0.1) is 6.58 Å². The standard InChI is InChI=1S/C6H11S/c1-4-6(3)7-5-2/h4,6H,1-2,5H2,3H3. The molecule has 0 bridgehead atoms. The molecule has 0 N–H and O–H groups in total. The Balaban J connectivity index is 2.98. The van der Waals surface area contributed by atoms with Gasteiger partial charge in [-0.2, -0.15) is 11.8 Å². The van der Waals surface area contributed by atoms with E-state index in [4.69, 9.17) is 0 Å². The van der Waals surface area contributed by atoms with Crippen LogP contribution < -0.4 is 0 Å². The van der Waals surface area contributed by atoms with Crippen molar-refractivity contribution in [2.24, 2.45) is 0 Å². The van der Waals surface area contributed by atoms with Gasteiger partial charge in [-0.1, -0.05) is 6.08 Å². The Labute approximate surface area is 50.0 Å². The first-order valence-electron chi connectivity index (χ1n) is 2.34. The second-order valence-corrected chi connectivity index (χ2v) is 2.80. The van der Waals surface area contributed by atoms with Gasteiger partial charge < -0.3 is 0 Å². The van der Waals surface area contributed by atoms with Gasteiger partial charge in [-0.05, 0) is 19.6 Å². The summed E-state index contributed by atoms with van der Waals surface area (Å²) in [6.45, 7) is 9.43. The molecule has 0 aliphatic rings. The molecule has 0 aliphatic carbocycles. The first-order chi connectivity index (χ1) is 3.31. The van der Waals surface area contributed by atoms with Crippen molar-refractivity contribution >= 4 is 11.8 Å². The minimum atomic E-state index is 0.567. The monoisotopic (exact) mass is 115 g/mol. The van der Waals surface area contributed by atoms with E-state index in [-0.39, 0.29) is 0 Å². The molecule has 0 nitrogen and oxygen atoms in total. The maximum absolute atomic E-state index is 3.69. The normalized spacial score (nSPS) is 13.4. The van der Waals surface area contributed by atoms with E-state index >= 15 is 0 Å². The molecule has 0 aromatic rings. The quantitative estimate of drug-likeness (QED) is 0.508. The minimum absolute atomic E-state index is 0.567. The molecule has 0 spiro atoms. The van der Waals surface area contributed by atoms with Crippen LogP contribution in [0.1, 0.15) is 6.92 Å². The van der Waals surface area contributed by atoms with Crippen LogP contribution in [0, 0.1) is 6.92 Å². The zero-order valence-corrected chi connectivity index (χ0v) is 5.50. The van der Waals surface area contributed by atoms with Gasteiger partial charge >= 0.3 is 0 Å². The third kappa shape index (κ3) is 3.93. The van der Waals surface area contributed by atoms with Gasteiger partial charge in [0.25, 0.3) is 0 Å². The average molecular weight is 115 g/mol. The zero-order chi connectivity index (χ0) is 5.70. The van der Waals surface area contributed by atoms with Gasteiger partial charge in [0.15, 0.2) is 0 Å². The van der Waals surface area contributed by atoms with Crippen LogP contribution in [0.5, 0.6) is 0 Å². The highest BCUT2D eigenvalue weighted by atomic mass is 32.2. The number of hydrogen-bond acceptors (Lipinski definition) is 1. The number of rotatable bonds is 3. The Morgan fingerprint density at radius 1 is 1.86 bits per heavy atom. The van der Waals surface area contributed by atoms with E-state index < -0.39 is 0 Å². The van der Waals surface area contributed by atoms with Crippen LogP contribution in [0.4, 0.5) is 0 Å². The molecule has 0 fully saturated rings. The molecule has 1 radical (unpaired) electrons. The summed E-state index contributed by atoms with van der Waals surface area (Å²) in [7, 11) is 0. The maximum Gasteiger partial charge on any atom is 0.0196 e. The van der Waals surface area contributed by atoms with Crippen LogP contribution in [-0.2, 0) is 0 Å². The second-order valence-electron chi connectivity index (χ2n) is 1.31. The third-order valence-electron chi connectivity index (χ3n) is 0.713. The molecule has 7 heavy (non-hydrogen) atoms. The van der Waals surface area contributed by atoms with Crippen molar-refractivity contribution in [3.05, 3.63) is 19.6 Å². The summed E-state index contributed by atoms with van der Waals surface area (Å²) >= 11 is 1.80. The molecule has 0 rings (SSSR count). The van der Waals surface area contributed by atoms with Gasteiger partial charge in [-0.25, -0.2) is 0 Å². The first kappa shape index (κ1) is 7.09. The molecule has 41 valence electrons. The SMILES string of the molecule is [CH2]CSC(C)C=C. The second kappa shape index (κ2) is 4.25. The fourth-order valence-corrected chi connectivity index (χ4v) is 0.762. The van der Waals surface area contributed by atoms with Crippen molar-refractivity contribution in [1.82, 2.24) is 0 Å². The lowest BCUT2D eigenvalue weighted by atomic mass is 10.5. The van der Waals surface area contributed by atoms with Crippen molar-refractivity contribution in [3.63, 3.8) is 0 Å². The molecule has 0 saturated heterocycles. The van der Waals surface area contributed by atoms with E-state index in [1.165, 1.54) is 0 Å². The van der Waals surface area contributed by atoms with E-state index in [2.05, 4.69) is 20.4 Å². The highest BCUT2D eigenvalue weighted by molar-refractivity contribution is 8.00. The van der Waals surface area contributed by atoms with Crippen molar-refractivity contribution in [3.8, 4) is 0 Å². The van der Waals surface area contributed by atoms with Crippen molar-refractivity contribution < 1.29 is 0 Å². The summed E-state index contributed by atoms with van der Waals surface area (Å²) in [5.41, 5.74) is 0. The van der Waals surface area contributed by atoms with Crippen LogP contribution in [-0.4, -0.2) is 11.0 Å². The van der Waals surface area contributed by atoms with Gasteiger partial charge in [0.2, 0.25) is 0 Å². The molecular formula is C6H11S. The van der Waals surface area contributed by atoms with Crippen molar-refractivity contribution in [2.45, 2.75) is 12.2 Å². The average Bonchev–Trinajstić information content (AvgIpc) is 1.68. The molecular weight excluding hydrogens is 104 g/mol. The summed E-state index contributed by atoms with van der Waals surface area (Å²) in [5.74, 6) is 0.938. The lowest BCUT2D eigenvalue weighted by Gasteiger charge is -1.98. The van der Waals surface area contributed by atoms with Gasteiger partial charge in [0.05, 0.1) is 0 Å². The lowest BCUT2D eigenvalue weighted by Crippen LogP contribution is -1.87. The van der Waals surface area contributed by atoms with Gasteiger partial charge in [0.1, 0.15) is 0 Å². The summed E-state index contributed by atoms with van der Waals surface area (Å²) in [5, 5.41) is 0.567. The van der Waals surface area contributed by atoms with E-state index in [0.29, 0.717) is 5.25 Å². The van der Waals surface area contributed by atoms with Crippen LogP contribution in [0.3, 0.4) is 0 Å². The Morgan fingerprint density at radius 2 is 2.43 bits per heavy atom. The summed E-state index contributed by atoms with van der Waals surface area (Å²) in [6.07, 6.45) is 1.93. The smallest absolute Gasteiger partial charge is 0.0196 e. The molecule has 0 aromatic carbocycles. The first-order valence-corrected chi connectivity index (χ1v) is 3.39. The van der Waals surface area contributed by atoms with Crippen LogP contribution >= 0.6 is 11.8 Å². The van der Waals surface area contributed by atoms with E-state index in [1.807, 2.05) is 6.08 Å². The van der Waals surface area contributed by atoms with Crippen molar-refractivity contribution in [1.29, 1.82) is 0 Å². The topological polar surface area (TPSA) is 0 Å². The molecule has 1 atom stereocenters. The Morgan fingerprint density at radius 3 is 2.57 bits per heavy atom. The molecule has 0 aromatic heterocycles. The Hall–Kier alpha value is 0.0900. The molecule has 0 amide bonds. The zero-order valence-electron chi connectivity index (χ0n) is 4.68. The van der Waals surface area contributed by atoms with Crippen LogP contribution in [0.2, 0.25) is 0 Å².